The van der Waals surface area contributed by atoms with E-state index in [0.717, 1.165) is 13.0 Å². The maximum absolute atomic E-state index is 12.6. The largest absolute Gasteiger partial charge is 0.379 e. The molecule has 112 valence electrons. The van der Waals surface area contributed by atoms with Crippen LogP contribution in [0.3, 0.4) is 0 Å². The summed E-state index contributed by atoms with van der Waals surface area (Å²) in [5.74, 6) is 0.162. The quantitative estimate of drug-likeness (QED) is 0.829. The first-order valence-electron chi connectivity index (χ1n) is 7.36. The van der Waals surface area contributed by atoms with E-state index in [2.05, 4.69) is 39.9 Å². The minimum atomic E-state index is -0.0404. The average Bonchev–Trinajstić information content (AvgIpc) is 2.80. The highest BCUT2D eigenvalue weighted by Crippen LogP contribution is 2.26. The number of hydrogen-bond acceptors (Lipinski definition) is 3. The van der Waals surface area contributed by atoms with Crippen LogP contribution in [0.2, 0.25) is 0 Å². The predicted octanol–water partition coefficient (Wildman–Crippen LogP) is 1.89. The Kier molecular flexibility index (Phi) is 5.81. The van der Waals surface area contributed by atoms with Crippen LogP contribution in [-0.4, -0.2) is 49.7 Å². The first-order valence-corrected chi connectivity index (χ1v) is 7.36. The number of carbonyl (C=O) groups is 1. The number of hydrogen-bond donors (Lipinski definition) is 1. The van der Waals surface area contributed by atoms with E-state index in [-0.39, 0.29) is 29.3 Å². The van der Waals surface area contributed by atoms with E-state index in [1.165, 1.54) is 0 Å². The lowest BCUT2D eigenvalue weighted by atomic mass is 9.86. The van der Waals surface area contributed by atoms with Crippen LogP contribution in [0.15, 0.2) is 0 Å². The van der Waals surface area contributed by atoms with E-state index in [4.69, 9.17) is 4.74 Å². The molecule has 0 aromatic carbocycles. The smallest absolute Gasteiger partial charge is 0.229 e. The molecule has 4 nitrogen and oxygen atoms in total. The molecular weight excluding hydrogens is 240 g/mol. The van der Waals surface area contributed by atoms with Crippen LogP contribution in [0, 0.1) is 11.3 Å². The molecule has 1 rings (SSSR count). The molecule has 1 aliphatic heterocycles. The average molecular weight is 270 g/mol. The molecule has 1 heterocycles. The first-order chi connectivity index (χ1) is 8.79. The minimum absolute atomic E-state index is 0.0404. The van der Waals surface area contributed by atoms with Gasteiger partial charge < -0.3 is 15.0 Å². The Morgan fingerprint density at radius 2 is 2.05 bits per heavy atom. The van der Waals surface area contributed by atoms with E-state index >= 15 is 0 Å². The van der Waals surface area contributed by atoms with Gasteiger partial charge in [0.1, 0.15) is 0 Å². The zero-order valence-electron chi connectivity index (χ0n) is 13.3. The van der Waals surface area contributed by atoms with Crippen LogP contribution in [0.1, 0.15) is 41.0 Å². The van der Waals surface area contributed by atoms with Crippen molar-refractivity contribution in [1.82, 2.24) is 10.2 Å². The van der Waals surface area contributed by atoms with Gasteiger partial charge in [-0.2, -0.15) is 0 Å². The summed E-state index contributed by atoms with van der Waals surface area (Å²) in [4.78, 5) is 14.5. The van der Waals surface area contributed by atoms with Gasteiger partial charge in [0.05, 0.1) is 19.1 Å². The van der Waals surface area contributed by atoms with E-state index in [9.17, 15) is 4.79 Å². The molecule has 3 unspecified atom stereocenters. The minimum Gasteiger partial charge on any atom is -0.379 e. The van der Waals surface area contributed by atoms with Crippen molar-refractivity contribution in [1.29, 1.82) is 0 Å². The van der Waals surface area contributed by atoms with Crippen molar-refractivity contribution in [2.24, 2.45) is 11.3 Å². The van der Waals surface area contributed by atoms with Crippen molar-refractivity contribution in [2.45, 2.75) is 53.1 Å². The summed E-state index contributed by atoms with van der Waals surface area (Å²) in [6.07, 6.45) is 1.08. The number of nitrogens with zero attached hydrogens (tertiary/aromatic N) is 1. The molecule has 0 spiro atoms. The Bertz CT molecular complexity index is 299. The molecule has 0 saturated carbocycles. The van der Waals surface area contributed by atoms with Gasteiger partial charge in [-0.3, -0.25) is 4.79 Å². The van der Waals surface area contributed by atoms with Gasteiger partial charge in [0, 0.05) is 19.1 Å². The molecule has 0 aromatic heterocycles. The molecule has 4 heteroatoms. The molecule has 1 amide bonds. The van der Waals surface area contributed by atoms with Crippen LogP contribution in [0.25, 0.3) is 0 Å². The van der Waals surface area contributed by atoms with Gasteiger partial charge in [-0.25, -0.2) is 0 Å². The molecule has 3 atom stereocenters. The number of amides is 1. The van der Waals surface area contributed by atoms with Crippen LogP contribution in [-0.2, 0) is 9.53 Å². The molecular formula is C15H30N2O2. The lowest BCUT2D eigenvalue weighted by Gasteiger charge is -2.37. The Balaban J connectivity index is 2.65. The van der Waals surface area contributed by atoms with Gasteiger partial charge in [-0.05, 0) is 25.3 Å². The molecule has 0 aliphatic carbocycles. The highest BCUT2D eigenvalue weighted by Gasteiger charge is 2.38. The van der Waals surface area contributed by atoms with Crippen LogP contribution < -0.4 is 5.32 Å². The first kappa shape index (κ1) is 16.4. The molecule has 0 bridgehead atoms. The third-order valence-corrected chi connectivity index (χ3v) is 4.24. The Morgan fingerprint density at radius 1 is 1.42 bits per heavy atom. The zero-order chi connectivity index (χ0) is 14.6. The zero-order valence-corrected chi connectivity index (χ0v) is 13.3. The second-order valence-electron chi connectivity index (χ2n) is 6.70. The predicted molar refractivity (Wildman–Crippen MR) is 78.1 cm³/mol. The fourth-order valence-corrected chi connectivity index (χ4v) is 2.36. The van der Waals surface area contributed by atoms with Crippen molar-refractivity contribution in [3.63, 3.8) is 0 Å². The molecule has 0 aromatic rings. The lowest BCUT2D eigenvalue weighted by Crippen LogP contribution is -2.50. The van der Waals surface area contributed by atoms with Crippen molar-refractivity contribution in [3.8, 4) is 0 Å². The molecule has 19 heavy (non-hydrogen) atoms. The van der Waals surface area contributed by atoms with E-state index in [0.29, 0.717) is 13.2 Å². The number of carbonyl (C=O) groups excluding carboxylic acids is 1. The fourth-order valence-electron chi connectivity index (χ4n) is 2.36. The van der Waals surface area contributed by atoms with E-state index in [1.54, 1.807) is 0 Å². The molecule has 1 fully saturated rings. The van der Waals surface area contributed by atoms with Crippen molar-refractivity contribution >= 4 is 5.91 Å². The summed E-state index contributed by atoms with van der Waals surface area (Å²) in [6.45, 7) is 12.9. The van der Waals surface area contributed by atoms with Gasteiger partial charge in [0.25, 0.3) is 0 Å². The highest BCUT2D eigenvalue weighted by molar-refractivity contribution is 5.80. The van der Waals surface area contributed by atoms with Crippen LogP contribution in [0.4, 0.5) is 0 Å². The molecule has 1 N–H and O–H groups in total. The van der Waals surface area contributed by atoms with Gasteiger partial charge in [-0.15, -0.1) is 0 Å². The maximum atomic E-state index is 12.6. The summed E-state index contributed by atoms with van der Waals surface area (Å²) in [6, 6.07) is 0.384. The monoisotopic (exact) mass is 270 g/mol. The van der Waals surface area contributed by atoms with E-state index in [1.807, 2.05) is 11.9 Å². The molecule has 0 radical (unpaired) electrons. The second kappa shape index (κ2) is 6.71. The highest BCUT2D eigenvalue weighted by atomic mass is 16.5. The van der Waals surface area contributed by atoms with Crippen molar-refractivity contribution in [3.05, 3.63) is 0 Å². The molecule has 1 aliphatic rings. The summed E-state index contributed by atoms with van der Waals surface area (Å²) in [7, 11) is 1.91. The number of ether oxygens (including phenoxy) is 1. The third kappa shape index (κ3) is 4.18. The van der Waals surface area contributed by atoms with Gasteiger partial charge in [-0.1, -0.05) is 27.7 Å². The van der Waals surface area contributed by atoms with Gasteiger partial charge in [0.15, 0.2) is 0 Å². The van der Waals surface area contributed by atoms with Gasteiger partial charge in [0.2, 0.25) is 5.91 Å². The lowest BCUT2D eigenvalue weighted by molar-refractivity contribution is -0.138. The van der Waals surface area contributed by atoms with Gasteiger partial charge >= 0.3 is 0 Å². The SMILES string of the molecule is CCCNC1COCC1C(=O)N(C)C(C)C(C)(C)C. The Hall–Kier alpha value is -0.610. The Labute approximate surface area is 117 Å². The normalized spacial score (nSPS) is 25.4. The summed E-state index contributed by atoms with van der Waals surface area (Å²) >= 11 is 0. The summed E-state index contributed by atoms with van der Waals surface area (Å²) < 4.78 is 5.49. The second-order valence-corrected chi connectivity index (χ2v) is 6.70. The topological polar surface area (TPSA) is 41.6 Å². The van der Waals surface area contributed by atoms with Crippen LogP contribution >= 0.6 is 0 Å². The van der Waals surface area contributed by atoms with Crippen molar-refractivity contribution in [2.75, 3.05) is 26.8 Å². The third-order valence-electron chi connectivity index (χ3n) is 4.24. The number of rotatable bonds is 5. The van der Waals surface area contributed by atoms with Crippen LogP contribution in [0.5, 0.6) is 0 Å². The standard InChI is InChI=1S/C15H30N2O2/c1-7-8-16-13-10-19-9-12(13)14(18)17(6)11(2)15(3,4)5/h11-13,16H,7-10H2,1-6H3. The summed E-state index contributed by atoms with van der Waals surface area (Å²) in [5.41, 5.74) is 0.0935. The number of nitrogens with one attached hydrogen (secondary N) is 1. The summed E-state index contributed by atoms with van der Waals surface area (Å²) in [5, 5.41) is 3.42. The Morgan fingerprint density at radius 3 is 2.58 bits per heavy atom. The van der Waals surface area contributed by atoms with E-state index < -0.39 is 0 Å². The maximum Gasteiger partial charge on any atom is 0.229 e. The fraction of sp³-hybridized carbons (Fsp3) is 0.933. The molecule has 1 saturated heterocycles. The van der Waals surface area contributed by atoms with Crippen molar-refractivity contribution < 1.29 is 9.53 Å².